The van der Waals surface area contributed by atoms with Gasteiger partial charge in [0.1, 0.15) is 11.3 Å². The van der Waals surface area contributed by atoms with Gasteiger partial charge in [-0.3, -0.25) is 14.5 Å². The highest BCUT2D eigenvalue weighted by Gasteiger charge is 2.45. The van der Waals surface area contributed by atoms with Gasteiger partial charge in [0.15, 0.2) is 5.43 Å². The topological polar surface area (TPSA) is 85.5 Å². The normalized spacial score (nSPS) is 15.2. The number of anilines is 1. The van der Waals surface area contributed by atoms with Gasteiger partial charge >= 0.3 is 0 Å². The van der Waals surface area contributed by atoms with Gasteiger partial charge in [0.2, 0.25) is 11.7 Å². The second kappa shape index (κ2) is 8.20. The Labute approximate surface area is 191 Å². The van der Waals surface area contributed by atoms with Crippen LogP contribution in [0.2, 0.25) is 0 Å². The van der Waals surface area contributed by atoms with E-state index in [1.54, 1.807) is 36.7 Å². The van der Waals surface area contributed by atoms with E-state index in [4.69, 9.17) is 9.15 Å². The number of hydrogen-bond donors (Lipinski definition) is 0. The Balaban J connectivity index is 1.76. The predicted molar refractivity (Wildman–Crippen MR) is 123 cm³/mol. The molecule has 1 aliphatic heterocycles. The largest absolute Gasteiger partial charge is 0.494 e. The molecule has 1 aliphatic rings. The van der Waals surface area contributed by atoms with Crippen LogP contribution < -0.4 is 15.1 Å². The predicted octanol–water partition coefficient (Wildman–Crippen LogP) is 4.88. The monoisotopic (exact) mass is 491 g/mol. The maximum atomic E-state index is 13.6. The molecule has 0 spiro atoms. The zero-order valence-corrected chi connectivity index (χ0v) is 18.7. The summed E-state index contributed by atoms with van der Waals surface area (Å²) in [6.45, 7) is 2.59. The fourth-order valence-corrected chi connectivity index (χ4v) is 4.24. The molecule has 1 atom stereocenters. The molecule has 2 aromatic carbocycles. The number of halogens is 1. The minimum Gasteiger partial charge on any atom is -0.494 e. The molecule has 0 bridgehead atoms. The van der Waals surface area contributed by atoms with E-state index >= 15 is 0 Å². The van der Waals surface area contributed by atoms with Crippen LogP contribution in [0.25, 0.3) is 11.0 Å². The summed E-state index contributed by atoms with van der Waals surface area (Å²) in [6, 6.07) is 13.4. The molecule has 2 aromatic heterocycles. The summed E-state index contributed by atoms with van der Waals surface area (Å²) in [5.41, 5.74) is 1.06. The van der Waals surface area contributed by atoms with Gasteiger partial charge in [-0.05, 0) is 48.4 Å². The van der Waals surface area contributed by atoms with Crippen molar-refractivity contribution in [2.45, 2.75) is 19.4 Å². The van der Waals surface area contributed by atoms with Crippen LogP contribution in [0.1, 0.15) is 41.1 Å². The second-order valence-electron chi connectivity index (χ2n) is 7.36. The van der Waals surface area contributed by atoms with Crippen LogP contribution in [0.3, 0.4) is 0 Å². The van der Waals surface area contributed by atoms with E-state index in [1.165, 1.54) is 4.90 Å². The summed E-state index contributed by atoms with van der Waals surface area (Å²) in [7, 11) is 0. The maximum absolute atomic E-state index is 13.6. The van der Waals surface area contributed by atoms with Crippen molar-refractivity contribution in [2.24, 2.45) is 0 Å². The van der Waals surface area contributed by atoms with Crippen LogP contribution in [0, 0.1) is 0 Å². The molecule has 4 aromatic rings. The molecule has 0 saturated carbocycles. The number of rotatable bonds is 5. The minimum absolute atomic E-state index is 0.00200. The number of carbonyl (C=O) groups excluding carboxylic acids is 1. The van der Waals surface area contributed by atoms with E-state index < -0.39 is 11.9 Å². The fraction of sp³-hybridized carbons (Fsp3) is 0.167. The number of nitrogens with zero attached hydrogens (tertiary/aromatic N) is 3. The van der Waals surface area contributed by atoms with Crippen molar-refractivity contribution in [1.29, 1.82) is 0 Å². The molecule has 0 saturated heterocycles. The molecule has 160 valence electrons. The first-order chi connectivity index (χ1) is 15.6. The smallest absolute Gasteiger partial charge is 0.297 e. The number of benzene rings is 2. The van der Waals surface area contributed by atoms with Crippen molar-refractivity contribution in [2.75, 3.05) is 11.5 Å². The highest BCUT2D eigenvalue weighted by molar-refractivity contribution is 9.10. The molecular weight excluding hydrogens is 474 g/mol. The first-order valence-corrected chi connectivity index (χ1v) is 11.0. The lowest BCUT2D eigenvalue weighted by Crippen LogP contribution is -2.31. The molecule has 8 heteroatoms. The zero-order valence-electron chi connectivity index (χ0n) is 17.1. The first kappa shape index (κ1) is 20.4. The Kier molecular flexibility index (Phi) is 5.22. The Bertz CT molecular complexity index is 1390. The average molecular weight is 492 g/mol. The molecule has 0 N–H and O–H groups in total. The van der Waals surface area contributed by atoms with Crippen molar-refractivity contribution < 1.29 is 13.9 Å². The molecule has 1 unspecified atom stereocenters. The van der Waals surface area contributed by atoms with E-state index in [1.807, 2.05) is 31.2 Å². The van der Waals surface area contributed by atoms with Gasteiger partial charge in [0.05, 0.1) is 23.6 Å². The third kappa shape index (κ3) is 3.36. The molecule has 0 aliphatic carbocycles. The average Bonchev–Trinajstić information content (AvgIpc) is 3.11. The summed E-state index contributed by atoms with van der Waals surface area (Å²) in [4.78, 5) is 37.0. The van der Waals surface area contributed by atoms with Crippen LogP contribution in [-0.2, 0) is 0 Å². The summed E-state index contributed by atoms with van der Waals surface area (Å²) in [5, 5.41) is 0.394. The van der Waals surface area contributed by atoms with Crippen molar-refractivity contribution in [3.8, 4) is 5.75 Å². The molecule has 7 nitrogen and oxygen atoms in total. The van der Waals surface area contributed by atoms with Gasteiger partial charge in [-0.25, -0.2) is 9.97 Å². The molecular formula is C24H18BrN3O4. The van der Waals surface area contributed by atoms with Crippen LogP contribution in [0.5, 0.6) is 5.75 Å². The summed E-state index contributed by atoms with van der Waals surface area (Å²) >= 11 is 3.41. The van der Waals surface area contributed by atoms with E-state index in [0.717, 1.165) is 10.9 Å². The molecule has 0 fully saturated rings. The lowest BCUT2D eigenvalue weighted by atomic mass is 9.98. The number of hydrogen-bond acceptors (Lipinski definition) is 6. The van der Waals surface area contributed by atoms with Crippen LogP contribution >= 0.6 is 15.9 Å². The van der Waals surface area contributed by atoms with Gasteiger partial charge in [-0.15, -0.1) is 0 Å². The maximum Gasteiger partial charge on any atom is 0.297 e. The van der Waals surface area contributed by atoms with Crippen molar-refractivity contribution in [3.63, 3.8) is 0 Å². The van der Waals surface area contributed by atoms with E-state index in [0.29, 0.717) is 28.9 Å². The molecule has 3 heterocycles. The van der Waals surface area contributed by atoms with E-state index in [2.05, 4.69) is 25.9 Å². The SMILES string of the molecule is CCCOc1cccc(C2c3c(oc4ccc(Br)cc4c3=O)C(=O)N2c2ncccn2)c1. The highest BCUT2D eigenvalue weighted by atomic mass is 79.9. The molecule has 5 rings (SSSR count). The van der Waals surface area contributed by atoms with Gasteiger partial charge < -0.3 is 9.15 Å². The summed E-state index contributed by atoms with van der Waals surface area (Å²) in [5.74, 6) is 0.394. The fourth-order valence-electron chi connectivity index (χ4n) is 3.88. The quantitative estimate of drug-likeness (QED) is 0.395. The third-order valence-electron chi connectivity index (χ3n) is 5.25. The Morgan fingerprint density at radius 2 is 1.91 bits per heavy atom. The van der Waals surface area contributed by atoms with Crippen molar-refractivity contribution in [3.05, 3.63) is 92.5 Å². The minimum atomic E-state index is -0.746. The van der Waals surface area contributed by atoms with Crippen LogP contribution in [0.15, 0.2) is 74.6 Å². The second-order valence-corrected chi connectivity index (χ2v) is 8.28. The Morgan fingerprint density at radius 1 is 1.09 bits per heavy atom. The first-order valence-electron chi connectivity index (χ1n) is 10.2. The van der Waals surface area contributed by atoms with Gasteiger partial charge in [0, 0.05) is 16.9 Å². The number of amides is 1. The summed E-state index contributed by atoms with van der Waals surface area (Å²) in [6.07, 6.45) is 3.97. The number of ether oxygens (including phenoxy) is 1. The Morgan fingerprint density at radius 3 is 2.69 bits per heavy atom. The number of fused-ring (bicyclic) bond motifs is 2. The van der Waals surface area contributed by atoms with Gasteiger partial charge in [0.25, 0.3) is 5.91 Å². The van der Waals surface area contributed by atoms with Gasteiger partial charge in [-0.1, -0.05) is 35.0 Å². The molecule has 0 radical (unpaired) electrons. The number of aromatic nitrogens is 2. The third-order valence-corrected chi connectivity index (χ3v) is 5.74. The van der Waals surface area contributed by atoms with Crippen molar-refractivity contribution >= 4 is 38.8 Å². The number of carbonyl (C=O) groups is 1. The van der Waals surface area contributed by atoms with E-state index in [-0.39, 0.29) is 22.7 Å². The van der Waals surface area contributed by atoms with Crippen LogP contribution in [0.4, 0.5) is 5.95 Å². The lowest BCUT2D eigenvalue weighted by molar-refractivity contribution is 0.0969. The summed E-state index contributed by atoms with van der Waals surface area (Å²) < 4.78 is 12.5. The van der Waals surface area contributed by atoms with Crippen molar-refractivity contribution in [1.82, 2.24) is 9.97 Å². The Hall–Kier alpha value is -3.52. The molecule has 1 amide bonds. The molecule has 32 heavy (non-hydrogen) atoms. The zero-order chi connectivity index (χ0) is 22.2. The highest BCUT2D eigenvalue weighted by Crippen LogP contribution is 2.40. The van der Waals surface area contributed by atoms with Gasteiger partial charge in [-0.2, -0.15) is 0 Å². The van der Waals surface area contributed by atoms with Crippen LogP contribution in [-0.4, -0.2) is 22.5 Å². The van der Waals surface area contributed by atoms with E-state index in [9.17, 15) is 9.59 Å². The standard InChI is InChI=1S/C24H18BrN3O4/c1-2-11-31-16-6-3-5-14(12-16)20-19-21(29)17-13-15(25)7-8-18(17)32-22(19)23(30)28(20)24-26-9-4-10-27-24/h3-10,12-13,20H,2,11H2,1H3. The lowest BCUT2D eigenvalue weighted by Gasteiger charge is -2.23.